The summed E-state index contributed by atoms with van der Waals surface area (Å²) in [5.74, 6) is 0.363. The van der Waals surface area contributed by atoms with Gasteiger partial charge in [-0.3, -0.25) is 4.79 Å². The molecule has 158 valence electrons. The lowest BCUT2D eigenvalue weighted by molar-refractivity contribution is -0.120. The Morgan fingerprint density at radius 1 is 1.20 bits per heavy atom. The fourth-order valence-electron chi connectivity index (χ4n) is 3.59. The molecule has 3 aromatic rings. The number of aryl methyl sites for hydroxylation is 2. The minimum absolute atomic E-state index is 0.0654. The van der Waals surface area contributed by atoms with Gasteiger partial charge in [-0.2, -0.15) is 15.6 Å². The maximum absolute atomic E-state index is 12.8. The van der Waals surface area contributed by atoms with Gasteiger partial charge in [-0.15, -0.1) is 0 Å². The first-order valence-electron chi connectivity index (χ1n) is 9.78. The molecule has 2 aromatic heterocycles. The quantitative estimate of drug-likeness (QED) is 0.653. The summed E-state index contributed by atoms with van der Waals surface area (Å²) < 4.78 is 28.8. The van der Waals surface area contributed by atoms with Gasteiger partial charge in [0.15, 0.2) is 5.03 Å². The highest BCUT2D eigenvalue weighted by Gasteiger charge is 2.33. The summed E-state index contributed by atoms with van der Waals surface area (Å²) in [5, 5.41) is 7.15. The van der Waals surface area contributed by atoms with Crippen LogP contribution in [-0.4, -0.2) is 41.3 Å². The van der Waals surface area contributed by atoms with E-state index in [0.29, 0.717) is 31.8 Å². The molecule has 0 spiro atoms. The topological polar surface area (TPSA) is 84.3 Å². The number of thiophene rings is 1. The van der Waals surface area contributed by atoms with Crippen LogP contribution in [0.4, 0.5) is 5.69 Å². The lowest BCUT2D eigenvalue weighted by Crippen LogP contribution is -2.41. The Morgan fingerprint density at radius 2 is 1.97 bits per heavy atom. The van der Waals surface area contributed by atoms with E-state index in [-0.39, 0.29) is 16.9 Å². The number of sulfonamides is 1. The lowest BCUT2D eigenvalue weighted by Gasteiger charge is -2.30. The van der Waals surface area contributed by atoms with Crippen LogP contribution in [0.2, 0.25) is 0 Å². The summed E-state index contributed by atoms with van der Waals surface area (Å²) >= 11 is 1.63. The number of carbonyl (C=O) groups is 1. The normalized spacial score (nSPS) is 15.9. The molecular weight excluding hydrogens is 420 g/mol. The molecule has 0 unspecified atom stereocenters. The van der Waals surface area contributed by atoms with Crippen molar-refractivity contribution >= 4 is 33.0 Å². The molecule has 0 radical (unpaired) electrons. The van der Waals surface area contributed by atoms with E-state index in [1.807, 2.05) is 35.7 Å². The Morgan fingerprint density at radius 3 is 2.60 bits per heavy atom. The van der Waals surface area contributed by atoms with Crippen LogP contribution >= 0.6 is 11.3 Å². The molecule has 1 aliphatic heterocycles. The van der Waals surface area contributed by atoms with Crippen LogP contribution < -0.4 is 5.32 Å². The Hall–Kier alpha value is -2.49. The second kappa shape index (κ2) is 8.33. The van der Waals surface area contributed by atoms with E-state index in [9.17, 15) is 13.2 Å². The van der Waals surface area contributed by atoms with Crippen molar-refractivity contribution in [2.45, 2.75) is 24.8 Å². The summed E-state index contributed by atoms with van der Waals surface area (Å²) in [6.07, 6.45) is 2.51. The largest absolute Gasteiger partial charge is 0.337 e. The van der Waals surface area contributed by atoms with E-state index in [4.69, 9.17) is 0 Å². The van der Waals surface area contributed by atoms with Gasteiger partial charge in [0.25, 0.3) is 10.0 Å². The zero-order valence-corrected chi connectivity index (χ0v) is 18.5. The number of amides is 1. The second-order valence-electron chi connectivity index (χ2n) is 7.50. The van der Waals surface area contributed by atoms with E-state index in [2.05, 4.69) is 15.7 Å². The summed E-state index contributed by atoms with van der Waals surface area (Å²) in [5.41, 5.74) is 2.93. The minimum atomic E-state index is -3.63. The maximum atomic E-state index is 12.8. The van der Waals surface area contributed by atoms with Gasteiger partial charge in [0.1, 0.15) is 5.82 Å². The molecule has 0 aliphatic carbocycles. The van der Waals surface area contributed by atoms with Gasteiger partial charge in [0.2, 0.25) is 5.91 Å². The number of benzene rings is 1. The van der Waals surface area contributed by atoms with E-state index in [0.717, 1.165) is 16.8 Å². The highest BCUT2D eigenvalue weighted by molar-refractivity contribution is 7.89. The third-order valence-corrected chi connectivity index (χ3v) is 7.95. The number of nitrogens with one attached hydrogen (secondary N) is 1. The van der Waals surface area contributed by atoms with E-state index >= 15 is 0 Å². The van der Waals surface area contributed by atoms with Crippen molar-refractivity contribution < 1.29 is 13.2 Å². The average molecular weight is 445 g/mol. The summed E-state index contributed by atoms with van der Waals surface area (Å²) in [7, 11) is -1.86. The van der Waals surface area contributed by atoms with Crippen molar-refractivity contribution in [3.05, 3.63) is 53.1 Å². The number of aromatic nitrogens is 2. The van der Waals surface area contributed by atoms with Crippen molar-refractivity contribution in [3.8, 4) is 11.1 Å². The molecule has 0 saturated carbocycles. The van der Waals surface area contributed by atoms with Gasteiger partial charge in [0.05, 0.1) is 0 Å². The van der Waals surface area contributed by atoms with Crippen LogP contribution in [0.5, 0.6) is 0 Å². The zero-order chi connectivity index (χ0) is 21.3. The molecule has 0 atom stereocenters. The van der Waals surface area contributed by atoms with E-state index < -0.39 is 10.0 Å². The van der Waals surface area contributed by atoms with Crippen molar-refractivity contribution in [2.24, 2.45) is 13.0 Å². The molecule has 9 heteroatoms. The number of nitrogens with zero attached hydrogens (tertiary/aromatic N) is 3. The van der Waals surface area contributed by atoms with Gasteiger partial charge >= 0.3 is 0 Å². The standard InChI is InChI=1S/C21H24N4O3S2/c1-15-22-20(13-24(15)2)30(27,28)25-9-6-16(7-10-25)21(26)23-19-5-3-4-17(12-19)18-8-11-29-14-18/h3-5,8,11-14,16H,6-7,9-10H2,1-2H3,(H,23,26). The Balaban J connectivity index is 1.38. The maximum Gasteiger partial charge on any atom is 0.262 e. The number of imidazole rings is 1. The van der Waals surface area contributed by atoms with Crippen molar-refractivity contribution in [1.82, 2.24) is 13.9 Å². The number of anilines is 1. The predicted octanol–water partition coefficient (Wildman–Crippen LogP) is 3.50. The van der Waals surface area contributed by atoms with Crippen LogP contribution in [-0.2, 0) is 21.9 Å². The van der Waals surface area contributed by atoms with Crippen molar-refractivity contribution in [1.29, 1.82) is 0 Å². The number of hydrogen-bond acceptors (Lipinski definition) is 5. The lowest BCUT2D eigenvalue weighted by atomic mass is 9.97. The molecule has 1 aliphatic rings. The molecule has 7 nitrogen and oxygen atoms in total. The van der Waals surface area contributed by atoms with Crippen LogP contribution in [0.15, 0.2) is 52.3 Å². The molecule has 1 aromatic carbocycles. The monoisotopic (exact) mass is 444 g/mol. The number of carbonyl (C=O) groups excluding carboxylic acids is 1. The van der Waals surface area contributed by atoms with Crippen molar-refractivity contribution in [2.75, 3.05) is 18.4 Å². The first-order valence-corrected chi connectivity index (χ1v) is 12.2. The van der Waals surface area contributed by atoms with Crippen LogP contribution in [0.1, 0.15) is 18.7 Å². The zero-order valence-electron chi connectivity index (χ0n) is 16.9. The number of hydrogen-bond donors (Lipinski definition) is 1. The summed E-state index contributed by atoms with van der Waals surface area (Å²) in [4.78, 5) is 16.9. The highest BCUT2D eigenvalue weighted by Crippen LogP contribution is 2.27. The number of rotatable bonds is 5. The van der Waals surface area contributed by atoms with Gasteiger partial charge in [-0.05, 0) is 59.9 Å². The van der Waals surface area contributed by atoms with E-state index in [1.165, 1.54) is 10.5 Å². The third-order valence-electron chi connectivity index (χ3n) is 5.50. The molecule has 1 amide bonds. The third kappa shape index (κ3) is 4.19. The average Bonchev–Trinajstić information content (AvgIpc) is 3.39. The Kier molecular flexibility index (Phi) is 5.77. The van der Waals surface area contributed by atoms with Gasteiger partial charge in [0, 0.05) is 37.9 Å². The van der Waals surface area contributed by atoms with Crippen LogP contribution in [0.3, 0.4) is 0 Å². The molecule has 1 N–H and O–H groups in total. The first kappa shape index (κ1) is 20.8. The summed E-state index contributed by atoms with van der Waals surface area (Å²) in [6.45, 7) is 2.39. The molecule has 3 heterocycles. The molecule has 0 bridgehead atoms. The first-order chi connectivity index (χ1) is 14.3. The molecule has 1 fully saturated rings. The Labute approximate surface area is 180 Å². The van der Waals surface area contributed by atoms with Crippen LogP contribution in [0.25, 0.3) is 11.1 Å². The van der Waals surface area contributed by atoms with Gasteiger partial charge < -0.3 is 9.88 Å². The minimum Gasteiger partial charge on any atom is -0.337 e. The van der Waals surface area contributed by atoms with Crippen molar-refractivity contribution in [3.63, 3.8) is 0 Å². The molecule has 30 heavy (non-hydrogen) atoms. The summed E-state index contributed by atoms with van der Waals surface area (Å²) in [6, 6.07) is 9.82. The van der Waals surface area contributed by atoms with Gasteiger partial charge in [-0.25, -0.2) is 13.4 Å². The molecule has 1 saturated heterocycles. The highest BCUT2D eigenvalue weighted by atomic mass is 32.2. The van der Waals surface area contributed by atoms with E-state index in [1.54, 1.807) is 29.9 Å². The Bertz CT molecular complexity index is 1130. The fraction of sp³-hybridized carbons (Fsp3) is 0.333. The SMILES string of the molecule is Cc1nc(S(=O)(=O)N2CCC(C(=O)Nc3cccc(-c4ccsc4)c3)CC2)cn1C. The predicted molar refractivity (Wildman–Crippen MR) is 118 cm³/mol. The molecule has 4 rings (SSSR count). The fourth-order valence-corrected chi connectivity index (χ4v) is 5.75. The second-order valence-corrected chi connectivity index (χ2v) is 10.2. The smallest absolute Gasteiger partial charge is 0.262 e. The molecular formula is C21H24N4O3S2. The number of piperidine rings is 1. The van der Waals surface area contributed by atoms with Crippen LogP contribution in [0, 0.1) is 12.8 Å². The van der Waals surface area contributed by atoms with Gasteiger partial charge in [-0.1, -0.05) is 12.1 Å².